The zero-order valence-corrected chi connectivity index (χ0v) is 11.4. The lowest BCUT2D eigenvalue weighted by atomic mass is 10.2. The van der Waals surface area contributed by atoms with Crippen molar-refractivity contribution < 1.29 is 17.8 Å². The number of carbonyl (C=O) groups excluding carboxylic acids is 1. The second kappa shape index (κ2) is 6.24. The van der Waals surface area contributed by atoms with Gasteiger partial charge in [-0.2, -0.15) is 0 Å². The fraction of sp³-hybridized carbons (Fsp3) is 0.364. The van der Waals surface area contributed by atoms with Gasteiger partial charge in [-0.05, 0) is 19.1 Å². The van der Waals surface area contributed by atoms with E-state index >= 15 is 0 Å². The summed E-state index contributed by atoms with van der Waals surface area (Å²) in [6.07, 6.45) is 1.50. The van der Waals surface area contributed by atoms with Gasteiger partial charge in [-0.25, -0.2) is 8.78 Å². The molecule has 1 N–H and O–H groups in total. The van der Waals surface area contributed by atoms with Crippen LogP contribution in [0.4, 0.5) is 8.78 Å². The maximum absolute atomic E-state index is 13.4. The molecule has 18 heavy (non-hydrogen) atoms. The molecule has 2 atom stereocenters. The fourth-order valence-electron chi connectivity index (χ4n) is 1.15. The Bertz CT molecular complexity index is 496. The Morgan fingerprint density at radius 2 is 2.06 bits per heavy atom. The van der Waals surface area contributed by atoms with Gasteiger partial charge in [0, 0.05) is 28.9 Å². The molecule has 0 saturated carbocycles. The van der Waals surface area contributed by atoms with Gasteiger partial charge in [0.1, 0.15) is 0 Å². The molecule has 0 aliphatic carbocycles. The maximum atomic E-state index is 13.4. The van der Waals surface area contributed by atoms with E-state index in [0.29, 0.717) is 0 Å². The van der Waals surface area contributed by atoms with Crippen LogP contribution in [0.5, 0.6) is 0 Å². The van der Waals surface area contributed by atoms with E-state index in [1.807, 2.05) is 0 Å². The molecule has 0 aliphatic heterocycles. The molecule has 0 spiro atoms. The smallest absolute Gasteiger partial charge is 0.254 e. The average Bonchev–Trinajstić information content (AvgIpc) is 2.32. The molecule has 1 amide bonds. The third kappa shape index (κ3) is 3.49. The highest BCUT2D eigenvalue weighted by Gasteiger charge is 2.18. The zero-order valence-electron chi connectivity index (χ0n) is 9.80. The molecule has 7 heteroatoms. The highest BCUT2D eigenvalue weighted by atomic mass is 35.5. The number of carbonyl (C=O) groups is 1. The number of benzene rings is 1. The van der Waals surface area contributed by atoms with Crippen LogP contribution in [0.25, 0.3) is 0 Å². The summed E-state index contributed by atoms with van der Waals surface area (Å²) in [6, 6.07) is 2.21. The molecule has 1 aromatic carbocycles. The number of hydrogen-bond donors (Lipinski definition) is 1. The normalized spacial score (nSPS) is 14.1. The number of hydrogen-bond acceptors (Lipinski definition) is 2. The van der Waals surface area contributed by atoms with Crippen molar-refractivity contribution in [1.82, 2.24) is 5.32 Å². The second-order valence-corrected chi connectivity index (χ2v) is 5.95. The molecular weight excluding hydrogens is 284 g/mol. The minimum atomic E-state index is -1.29. The molecule has 100 valence electrons. The molecular formula is C11H12ClF2NO2S. The van der Waals surface area contributed by atoms with Gasteiger partial charge in [0.2, 0.25) is 0 Å². The third-order valence-electron chi connectivity index (χ3n) is 2.40. The van der Waals surface area contributed by atoms with Crippen LogP contribution in [0, 0.1) is 11.6 Å². The van der Waals surface area contributed by atoms with Crippen molar-refractivity contribution >= 4 is 28.3 Å². The lowest BCUT2D eigenvalue weighted by molar-refractivity contribution is 0.0949. The molecule has 3 nitrogen and oxygen atoms in total. The molecule has 0 fully saturated rings. The van der Waals surface area contributed by atoms with Gasteiger partial charge in [-0.15, -0.1) is 0 Å². The predicted molar refractivity (Wildman–Crippen MR) is 67.2 cm³/mol. The zero-order chi connectivity index (χ0) is 13.9. The Morgan fingerprint density at radius 3 is 2.61 bits per heavy atom. The lowest BCUT2D eigenvalue weighted by Gasteiger charge is -2.10. The van der Waals surface area contributed by atoms with E-state index in [1.54, 1.807) is 6.92 Å². The highest BCUT2D eigenvalue weighted by molar-refractivity contribution is 7.84. The lowest BCUT2D eigenvalue weighted by Crippen LogP contribution is -2.33. The van der Waals surface area contributed by atoms with Crippen molar-refractivity contribution in [2.45, 2.75) is 12.2 Å². The van der Waals surface area contributed by atoms with E-state index < -0.39 is 33.9 Å². The van der Waals surface area contributed by atoms with Gasteiger partial charge < -0.3 is 5.32 Å². The van der Waals surface area contributed by atoms with Crippen LogP contribution in [0.3, 0.4) is 0 Å². The fourth-order valence-corrected chi connectivity index (χ4v) is 1.61. The number of nitrogens with one attached hydrogen (secondary N) is 1. The van der Waals surface area contributed by atoms with Crippen LogP contribution < -0.4 is 5.32 Å². The minimum absolute atomic E-state index is 0.117. The standard InChI is InChI=1S/C11H12ClF2NO2S/c1-6(18(2)17)5-15-11(16)7-3-4-8(12)10(14)9(7)13/h3-4,6H,5H2,1-2H3,(H,15,16). The van der Waals surface area contributed by atoms with E-state index in [0.717, 1.165) is 12.1 Å². The van der Waals surface area contributed by atoms with E-state index in [1.165, 1.54) is 6.26 Å². The van der Waals surface area contributed by atoms with Crippen LogP contribution in [0.2, 0.25) is 5.02 Å². The van der Waals surface area contributed by atoms with Crippen molar-refractivity contribution in [3.8, 4) is 0 Å². The first-order valence-electron chi connectivity index (χ1n) is 5.08. The summed E-state index contributed by atoms with van der Waals surface area (Å²) in [6.45, 7) is 1.79. The summed E-state index contributed by atoms with van der Waals surface area (Å²) in [4.78, 5) is 11.6. The van der Waals surface area contributed by atoms with Gasteiger partial charge >= 0.3 is 0 Å². The summed E-state index contributed by atoms with van der Waals surface area (Å²) in [5.41, 5.74) is -0.425. The first kappa shape index (κ1) is 15.0. The Balaban J connectivity index is 2.80. The third-order valence-corrected chi connectivity index (χ3v) is 3.99. The molecule has 1 aromatic rings. The van der Waals surface area contributed by atoms with Gasteiger partial charge in [0.15, 0.2) is 11.6 Å². The van der Waals surface area contributed by atoms with Gasteiger partial charge in [-0.1, -0.05) is 11.6 Å². The molecule has 0 radical (unpaired) electrons. The average molecular weight is 296 g/mol. The van der Waals surface area contributed by atoms with Crippen molar-refractivity contribution in [2.75, 3.05) is 12.8 Å². The minimum Gasteiger partial charge on any atom is -0.351 e. The summed E-state index contributed by atoms with van der Waals surface area (Å²) < 4.78 is 37.6. The van der Waals surface area contributed by atoms with Crippen LogP contribution in [-0.2, 0) is 10.8 Å². The van der Waals surface area contributed by atoms with Crippen molar-refractivity contribution in [3.05, 3.63) is 34.4 Å². The summed E-state index contributed by atoms with van der Waals surface area (Å²) in [5, 5.41) is 1.73. The van der Waals surface area contributed by atoms with Crippen LogP contribution in [0.15, 0.2) is 12.1 Å². The molecule has 0 bridgehead atoms. The monoisotopic (exact) mass is 295 g/mol. The van der Waals surface area contributed by atoms with Crippen molar-refractivity contribution in [3.63, 3.8) is 0 Å². The molecule has 0 aromatic heterocycles. The Labute approximate surface area is 111 Å². The Morgan fingerprint density at radius 1 is 1.44 bits per heavy atom. The van der Waals surface area contributed by atoms with E-state index in [9.17, 15) is 17.8 Å². The van der Waals surface area contributed by atoms with Crippen LogP contribution in [0.1, 0.15) is 17.3 Å². The van der Waals surface area contributed by atoms with E-state index in [-0.39, 0.29) is 16.8 Å². The first-order chi connectivity index (χ1) is 8.34. The van der Waals surface area contributed by atoms with E-state index in [2.05, 4.69) is 5.32 Å². The van der Waals surface area contributed by atoms with Gasteiger partial charge in [-0.3, -0.25) is 9.00 Å². The Kier molecular flexibility index (Phi) is 5.22. The van der Waals surface area contributed by atoms with E-state index in [4.69, 9.17) is 11.6 Å². The topological polar surface area (TPSA) is 46.2 Å². The quantitative estimate of drug-likeness (QED) is 0.865. The van der Waals surface area contributed by atoms with Gasteiger partial charge in [0.05, 0.1) is 10.6 Å². The van der Waals surface area contributed by atoms with Gasteiger partial charge in [0.25, 0.3) is 5.91 Å². The highest BCUT2D eigenvalue weighted by Crippen LogP contribution is 2.20. The molecule has 0 aliphatic rings. The Hall–Kier alpha value is -1.01. The summed E-state index contributed by atoms with van der Waals surface area (Å²) in [5.74, 6) is -3.30. The SMILES string of the molecule is CC(CNC(=O)c1ccc(Cl)c(F)c1F)S(C)=O. The van der Waals surface area contributed by atoms with Crippen molar-refractivity contribution in [2.24, 2.45) is 0 Å². The number of rotatable bonds is 4. The predicted octanol–water partition coefficient (Wildman–Crippen LogP) is 2.12. The molecule has 1 rings (SSSR count). The van der Waals surface area contributed by atoms with Crippen LogP contribution >= 0.6 is 11.6 Å². The molecule has 2 unspecified atom stereocenters. The first-order valence-corrected chi connectivity index (χ1v) is 7.08. The summed E-state index contributed by atoms with van der Waals surface area (Å²) >= 11 is 5.37. The summed E-state index contributed by atoms with van der Waals surface area (Å²) in [7, 11) is -1.10. The number of amides is 1. The molecule has 0 saturated heterocycles. The number of halogens is 3. The van der Waals surface area contributed by atoms with Crippen molar-refractivity contribution in [1.29, 1.82) is 0 Å². The van der Waals surface area contributed by atoms with Crippen LogP contribution in [-0.4, -0.2) is 28.2 Å². The largest absolute Gasteiger partial charge is 0.351 e. The molecule has 0 heterocycles. The second-order valence-electron chi connectivity index (χ2n) is 3.74. The maximum Gasteiger partial charge on any atom is 0.254 e.